The summed E-state index contributed by atoms with van der Waals surface area (Å²) < 4.78 is 3.17. The molecule has 3 aromatic carbocycles. The summed E-state index contributed by atoms with van der Waals surface area (Å²) in [4.78, 5) is 30.8. The van der Waals surface area contributed by atoms with Gasteiger partial charge in [-0.2, -0.15) is 4.98 Å². The van der Waals surface area contributed by atoms with E-state index in [0.717, 1.165) is 33.3 Å². The first-order valence-corrected chi connectivity index (χ1v) is 11.1. The van der Waals surface area contributed by atoms with Crippen LogP contribution < -0.4 is 10.9 Å². The quantitative estimate of drug-likeness (QED) is 0.434. The molecule has 5 rings (SSSR count). The lowest BCUT2D eigenvalue weighted by Gasteiger charge is -2.12. The molecule has 2 aromatic heterocycles. The molecule has 2 heterocycles. The van der Waals surface area contributed by atoms with Gasteiger partial charge in [0, 0.05) is 5.69 Å². The molecule has 170 valence electrons. The minimum atomic E-state index is -0.458. The SMILES string of the molecule is Cc1ccc(Cn2c(=O)c3nc(C(=O)Nc4ccc(C)cc4C)nn3c3ccc(C)cc32)cc1. The van der Waals surface area contributed by atoms with E-state index in [4.69, 9.17) is 0 Å². The van der Waals surface area contributed by atoms with Gasteiger partial charge in [0.05, 0.1) is 17.6 Å². The number of benzene rings is 3. The van der Waals surface area contributed by atoms with Crippen LogP contribution in [0.4, 0.5) is 5.69 Å². The monoisotopic (exact) mass is 451 g/mol. The zero-order valence-corrected chi connectivity index (χ0v) is 19.6. The molecule has 0 aliphatic carbocycles. The van der Waals surface area contributed by atoms with Crippen LogP contribution in [0.2, 0.25) is 0 Å². The maximum Gasteiger partial charge on any atom is 0.296 e. The molecule has 0 saturated carbocycles. The number of aromatic nitrogens is 4. The average Bonchev–Trinajstić information content (AvgIpc) is 3.26. The van der Waals surface area contributed by atoms with Crippen LogP contribution >= 0.6 is 0 Å². The molecule has 0 saturated heterocycles. The maximum absolute atomic E-state index is 13.5. The molecule has 0 atom stereocenters. The lowest BCUT2D eigenvalue weighted by Crippen LogP contribution is -2.24. The molecule has 0 unspecified atom stereocenters. The maximum atomic E-state index is 13.5. The van der Waals surface area contributed by atoms with E-state index >= 15 is 0 Å². The Bertz CT molecular complexity index is 1630. The topological polar surface area (TPSA) is 81.3 Å². The van der Waals surface area contributed by atoms with Gasteiger partial charge < -0.3 is 5.32 Å². The number of carbonyl (C=O) groups excluding carboxylic acids is 1. The van der Waals surface area contributed by atoms with Gasteiger partial charge in [0.25, 0.3) is 11.5 Å². The van der Waals surface area contributed by atoms with Crippen molar-refractivity contribution in [1.29, 1.82) is 0 Å². The number of carbonyl (C=O) groups is 1. The van der Waals surface area contributed by atoms with Crippen molar-refractivity contribution < 1.29 is 4.79 Å². The summed E-state index contributed by atoms with van der Waals surface area (Å²) in [6.07, 6.45) is 0. The van der Waals surface area contributed by atoms with Gasteiger partial charge in [-0.3, -0.25) is 14.2 Å². The van der Waals surface area contributed by atoms with Crippen LogP contribution in [-0.2, 0) is 6.54 Å². The first-order valence-electron chi connectivity index (χ1n) is 11.1. The van der Waals surface area contributed by atoms with Gasteiger partial charge in [0.2, 0.25) is 11.5 Å². The van der Waals surface area contributed by atoms with Gasteiger partial charge in [-0.05, 0) is 62.6 Å². The van der Waals surface area contributed by atoms with E-state index in [2.05, 4.69) is 15.4 Å². The minimum Gasteiger partial charge on any atom is -0.319 e. The van der Waals surface area contributed by atoms with Crippen molar-refractivity contribution in [2.24, 2.45) is 0 Å². The summed E-state index contributed by atoms with van der Waals surface area (Å²) in [7, 11) is 0. The number of amides is 1. The van der Waals surface area contributed by atoms with E-state index in [1.54, 1.807) is 4.57 Å². The second-order valence-corrected chi connectivity index (χ2v) is 8.81. The number of nitrogens with one attached hydrogen (secondary N) is 1. The first-order chi connectivity index (χ1) is 16.3. The highest BCUT2D eigenvalue weighted by Crippen LogP contribution is 2.19. The fourth-order valence-electron chi connectivity index (χ4n) is 4.14. The second-order valence-electron chi connectivity index (χ2n) is 8.81. The average molecular weight is 452 g/mol. The van der Waals surface area contributed by atoms with Crippen molar-refractivity contribution in [3.63, 3.8) is 0 Å². The smallest absolute Gasteiger partial charge is 0.296 e. The van der Waals surface area contributed by atoms with E-state index in [1.807, 2.05) is 88.4 Å². The third-order valence-electron chi connectivity index (χ3n) is 5.99. The van der Waals surface area contributed by atoms with E-state index in [0.29, 0.717) is 17.7 Å². The number of hydrogen-bond donors (Lipinski definition) is 1. The summed E-state index contributed by atoms with van der Waals surface area (Å²) in [5.74, 6) is -0.507. The molecule has 0 radical (unpaired) electrons. The van der Waals surface area contributed by atoms with Crippen LogP contribution in [0.3, 0.4) is 0 Å². The van der Waals surface area contributed by atoms with Crippen molar-refractivity contribution in [3.05, 3.63) is 105 Å². The standard InChI is InChI=1S/C27H25N5O2/c1-16-5-9-20(10-6-16)15-31-23-14-18(3)8-12-22(23)32-25(27(31)34)29-24(30-32)26(33)28-21-11-7-17(2)13-19(21)4/h5-14H,15H2,1-4H3,(H,28,33). The van der Waals surface area contributed by atoms with Crippen LogP contribution in [0.25, 0.3) is 16.7 Å². The molecule has 0 aliphatic rings. The van der Waals surface area contributed by atoms with Gasteiger partial charge in [-0.15, -0.1) is 5.10 Å². The van der Waals surface area contributed by atoms with Crippen LogP contribution in [-0.4, -0.2) is 25.1 Å². The Balaban J connectivity index is 1.63. The van der Waals surface area contributed by atoms with Crippen molar-refractivity contribution in [2.45, 2.75) is 34.2 Å². The lowest BCUT2D eigenvalue weighted by atomic mass is 10.1. The fourth-order valence-corrected chi connectivity index (χ4v) is 4.14. The summed E-state index contributed by atoms with van der Waals surface area (Å²) in [5, 5.41) is 7.28. The Morgan fingerprint density at radius 1 is 0.853 bits per heavy atom. The number of rotatable bonds is 4. The predicted octanol–water partition coefficient (Wildman–Crippen LogP) is 4.58. The Kier molecular flexibility index (Phi) is 5.24. The van der Waals surface area contributed by atoms with Gasteiger partial charge in [0.15, 0.2) is 0 Å². The lowest BCUT2D eigenvalue weighted by molar-refractivity contribution is 0.101. The minimum absolute atomic E-state index is 0.0490. The number of nitrogens with zero attached hydrogens (tertiary/aromatic N) is 4. The summed E-state index contributed by atoms with van der Waals surface area (Å²) >= 11 is 0. The Morgan fingerprint density at radius 2 is 1.53 bits per heavy atom. The molecule has 7 heteroatoms. The van der Waals surface area contributed by atoms with E-state index in [1.165, 1.54) is 4.52 Å². The Labute approximate surface area is 196 Å². The molecule has 0 bridgehead atoms. The third kappa shape index (κ3) is 3.85. The molecule has 1 N–H and O–H groups in total. The van der Waals surface area contributed by atoms with Crippen LogP contribution in [0.5, 0.6) is 0 Å². The molecule has 0 fully saturated rings. The zero-order valence-electron chi connectivity index (χ0n) is 19.6. The van der Waals surface area contributed by atoms with Crippen molar-refractivity contribution in [3.8, 4) is 0 Å². The Morgan fingerprint density at radius 3 is 2.26 bits per heavy atom. The number of hydrogen-bond acceptors (Lipinski definition) is 4. The van der Waals surface area contributed by atoms with Crippen LogP contribution in [0.1, 0.15) is 38.4 Å². The third-order valence-corrected chi connectivity index (χ3v) is 5.99. The van der Waals surface area contributed by atoms with E-state index < -0.39 is 5.91 Å². The number of fused-ring (bicyclic) bond motifs is 3. The van der Waals surface area contributed by atoms with Gasteiger partial charge in [-0.25, -0.2) is 4.52 Å². The zero-order chi connectivity index (χ0) is 24.0. The molecular weight excluding hydrogens is 426 g/mol. The first kappa shape index (κ1) is 21.6. The predicted molar refractivity (Wildman–Crippen MR) is 134 cm³/mol. The highest BCUT2D eigenvalue weighted by Gasteiger charge is 2.20. The Hall–Kier alpha value is -4.26. The molecule has 0 spiro atoms. The van der Waals surface area contributed by atoms with Gasteiger partial charge in [-0.1, -0.05) is 53.6 Å². The summed E-state index contributed by atoms with van der Waals surface area (Å²) in [6, 6.07) is 19.7. The fraction of sp³-hybridized carbons (Fsp3) is 0.185. The molecule has 0 aliphatic heterocycles. The van der Waals surface area contributed by atoms with Crippen molar-refractivity contribution in [2.75, 3.05) is 5.32 Å². The summed E-state index contributed by atoms with van der Waals surface area (Å²) in [5.41, 5.74) is 7.20. The van der Waals surface area contributed by atoms with Gasteiger partial charge in [0.1, 0.15) is 0 Å². The normalized spacial score (nSPS) is 11.3. The van der Waals surface area contributed by atoms with E-state index in [-0.39, 0.29) is 17.0 Å². The molecule has 1 amide bonds. The van der Waals surface area contributed by atoms with Crippen LogP contribution in [0.15, 0.2) is 65.5 Å². The summed E-state index contributed by atoms with van der Waals surface area (Å²) in [6.45, 7) is 8.33. The second kappa shape index (κ2) is 8.26. The number of anilines is 1. The molecular formula is C27H25N5O2. The highest BCUT2D eigenvalue weighted by atomic mass is 16.2. The van der Waals surface area contributed by atoms with Crippen molar-refractivity contribution >= 4 is 28.3 Å². The van der Waals surface area contributed by atoms with Crippen molar-refractivity contribution in [1.82, 2.24) is 19.2 Å². The largest absolute Gasteiger partial charge is 0.319 e. The molecule has 34 heavy (non-hydrogen) atoms. The van der Waals surface area contributed by atoms with Crippen LogP contribution in [0, 0.1) is 27.7 Å². The molecule has 5 aromatic rings. The van der Waals surface area contributed by atoms with E-state index in [9.17, 15) is 9.59 Å². The molecule has 7 nitrogen and oxygen atoms in total. The van der Waals surface area contributed by atoms with Gasteiger partial charge >= 0.3 is 0 Å². The number of aryl methyl sites for hydroxylation is 4. The highest BCUT2D eigenvalue weighted by molar-refractivity contribution is 6.02.